The summed E-state index contributed by atoms with van der Waals surface area (Å²) in [5.41, 5.74) is 0.951. The predicted molar refractivity (Wildman–Crippen MR) is 91.1 cm³/mol. The molecule has 4 atom stereocenters. The highest BCUT2D eigenvalue weighted by molar-refractivity contribution is 9.10. The third-order valence-corrected chi connectivity index (χ3v) is 7.85. The van der Waals surface area contributed by atoms with Crippen LogP contribution in [0.3, 0.4) is 0 Å². The van der Waals surface area contributed by atoms with E-state index >= 15 is 0 Å². The van der Waals surface area contributed by atoms with Gasteiger partial charge >= 0.3 is 0 Å². The summed E-state index contributed by atoms with van der Waals surface area (Å²) in [6, 6.07) is 7.41. The van der Waals surface area contributed by atoms with Gasteiger partial charge in [-0.25, -0.2) is 0 Å². The van der Waals surface area contributed by atoms with Crippen molar-refractivity contribution in [3.05, 3.63) is 34.3 Å². The molecule has 0 saturated heterocycles. The van der Waals surface area contributed by atoms with Crippen LogP contribution in [-0.2, 0) is 15.6 Å². The van der Waals surface area contributed by atoms with E-state index in [1.165, 1.54) is 6.26 Å². The van der Waals surface area contributed by atoms with Crippen molar-refractivity contribution in [1.82, 2.24) is 5.32 Å². The Balaban J connectivity index is 2.18. The van der Waals surface area contributed by atoms with Crippen molar-refractivity contribution in [2.45, 2.75) is 29.0 Å². The summed E-state index contributed by atoms with van der Waals surface area (Å²) in [4.78, 5) is 12.6. The molecule has 0 aliphatic heterocycles. The largest absolute Gasteiger partial charge is 0.348 e. The molecule has 2 rings (SSSR count). The molecule has 3 nitrogen and oxygen atoms in total. The average Bonchev–Trinajstić information content (AvgIpc) is 2.85. The molecule has 1 fully saturated rings. The molecule has 116 valence electrons. The molecule has 1 saturated carbocycles. The predicted octanol–water partition coefficient (Wildman–Crippen LogP) is 3.57. The topological polar surface area (TPSA) is 46.2 Å². The van der Waals surface area contributed by atoms with Gasteiger partial charge in [0.25, 0.3) is 0 Å². The lowest BCUT2D eigenvalue weighted by atomic mass is 10.1. The molecule has 1 amide bonds. The smallest absolute Gasteiger partial charge is 0.242 e. The molecule has 21 heavy (non-hydrogen) atoms. The summed E-state index contributed by atoms with van der Waals surface area (Å²) in [5, 5.41) is 2.87. The van der Waals surface area contributed by atoms with Crippen LogP contribution >= 0.6 is 39.1 Å². The molecule has 0 radical (unpaired) electrons. The Kier molecular flexibility index (Phi) is 4.80. The summed E-state index contributed by atoms with van der Waals surface area (Å²) in [5.74, 6) is -0.715. The summed E-state index contributed by atoms with van der Waals surface area (Å²) in [6.07, 6.45) is 1.47. The number of nitrogens with one attached hydrogen (secondary N) is 1. The van der Waals surface area contributed by atoms with Crippen molar-refractivity contribution in [2.75, 3.05) is 6.26 Å². The summed E-state index contributed by atoms with van der Waals surface area (Å²) in [7, 11) is -1.45. The molecule has 0 unspecified atom stereocenters. The van der Waals surface area contributed by atoms with Crippen molar-refractivity contribution in [3.8, 4) is 0 Å². The lowest BCUT2D eigenvalue weighted by molar-refractivity contribution is -0.122. The van der Waals surface area contributed by atoms with E-state index in [4.69, 9.17) is 23.2 Å². The zero-order valence-corrected chi connectivity index (χ0v) is 15.7. The Bertz CT molecular complexity index is 593. The summed E-state index contributed by atoms with van der Waals surface area (Å²) in [6.45, 7) is 3.61. The Hall–Kier alpha value is -0.100. The van der Waals surface area contributed by atoms with E-state index in [1.54, 1.807) is 6.92 Å². The molecule has 1 aromatic rings. The fraction of sp³-hybridized carbons (Fsp3) is 0.500. The molecule has 0 aromatic heterocycles. The van der Waals surface area contributed by atoms with Gasteiger partial charge in [0.15, 0.2) is 4.75 Å². The number of rotatable bonds is 4. The van der Waals surface area contributed by atoms with Gasteiger partial charge in [0.05, 0.1) is 6.04 Å². The fourth-order valence-corrected chi connectivity index (χ4v) is 5.86. The first-order valence-electron chi connectivity index (χ1n) is 6.43. The summed E-state index contributed by atoms with van der Waals surface area (Å²) >= 11 is 15.7. The first-order chi connectivity index (χ1) is 9.65. The number of halogens is 3. The van der Waals surface area contributed by atoms with E-state index in [2.05, 4.69) is 21.2 Å². The highest BCUT2D eigenvalue weighted by Gasteiger charge is 2.81. The van der Waals surface area contributed by atoms with Crippen molar-refractivity contribution < 1.29 is 9.00 Å². The maximum absolute atomic E-state index is 12.6. The third-order valence-electron chi connectivity index (χ3n) is 4.07. The first kappa shape index (κ1) is 17.3. The van der Waals surface area contributed by atoms with E-state index < -0.39 is 19.9 Å². The third kappa shape index (κ3) is 2.67. The van der Waals surface area contributed by atoms with Crippen LogP contribution in [0.4, 0.5) is 0 Å². The second-order valence-corrected chi connectivity index (χ2v) is 9.13. The number of hydrogen-bond acceptors (Lipinski definition) is 2. The maximum atomic E-state index is 12.6. The number of alkyl halides is 2. The minimum Gasteiger partial charge on any atom is -0.348 e. The standard InChI is InChI=1S/C14H16BrCl2NO2S/c1-8(10-4-6-11(15)7-5-10)18-12(19)13(21(3)20)9(2)14(13,16)17/h4-9H,1-3H3,(H,18,19)/t8-,9-,13-,21-/m1/s1. The minimum absolute atomic E-state index is 0.219. The van der Waals surface area contributed by atoms with E-state index in [0.717, 1.165) is 10.0 Å². The van der Waals surface area contributed by atoms with Gasteiger partial charge in [-0.2, -0.15) is 0 Å². The molecular formula is C14H16BrCl2NO2S. The van der Waals surface area contributed by atoms with Crippen LogP contribution < -0.4 is 5.32 Å². The molecule has 1 aromatic carbocycles. The Morgan fingerprint density at radius 2 is 1.86 bits per heavy atom. The average molecular weight is 413 g/mol. The molecular weight excluding hydrogens is 397 g/mol. The van der Waals surface area contributed by atoms with Gasteiger partial charge in [-0.05, 0) is 24.6 Å². The van der Waals surface area contributed by atoms with Crippen LogP contribution in [0.15, 0.2) is 28.7 Å². The molecule has 7 heteroatoms. The van der Waals surface area contributed by atoms with Crippen LogP contribution in [0.25, 0.3) is 0 Å². The van der Waals surface area contributed by atoms with E-state index in [1.807, 2.05) is 31.2 Å². The minimum atomic E-state index is -1.45. The van der Waals surface area contributed by atoms with Gasteiger partial charge in [-0.3, -0.25) is 9.00 Å². The summed E-state index contributed by atoms with van der Waals surface area (Å²) < 4.78 is 10.5. The van der Waals surface area contributed by atoms with Crippen molar-refractivity contribution in [3.63, 3.8) is 0 Å². The lowest BCUT2D eigenvalue weighted by Crippen LogP contribution is -2.44. The van der Waals surface area contributed by atoms with Crippen LogP contribution in [0.5, 0.6) is 0 Å². The maximum Gasteiger partial charge on any atom is 0.242 e. The Morgan fingerprint density at radius 3 is 2.24 bits per heavy atom. The Labute approximate surface area is 145 Å². The number of carbonyl (C=O) groups excluding carboxylic acids is 1. The van der Waals surface area contributed by atoms with Crippen molar-refractivity contribution >= 4 is 55.8 Å². The van der Waals surface area contributed by atoms with E-state index in [0.29, 0.717) is 0 Å². The number of amides is 1. The normalized spacial score (nSPS) is 29.5. The zero-order valence-electron chi connectivity index (χ0n) is 11.8. The lowest BCUT2D eigenvalue weighted by Gasteiger charge is -2.20. The SMILES string of the molecule is C[C@@H](NC(=O)[C@]1([S@@](C)=O)[C@@H](C)C1(Cl)Cl)c1ccc(Br)cc1. The van der Waals surface area contributed by atoms with Crippen LogP contribution in [0.1, 0.15) is 25.5 Å². The van der Waals surface area contributed by atoms with Crippen LogP contribution in [-0.4, -0.2) is 25.5 Å². The van der Waals surface area contributed by atoms with Crippen molar-refractivity contribution in [2.24, 2.45) is 5.92 Å². The number of hydrogen-bond donors (Lipinski definition) is 1. The molecule has 1 aliphatic carbocycles. The highest BCUT2D eigenvalue weighted by Crippen LogP contribution is 2.65. The zero-order chi connectivity index (χ0) is 16.0. The monoisotopic (exact) mass is 411 g/mol. The van der Waals surface area contributed by atoms with Gasteiger partial charge in [0, 0.05) is 27.4 Å². The van der Waals surface area contributed by atoms with Gasteiger partial charge < -0.3 is 5.32 Å². The van der Waals surface area contributed by atoms with Crippen molar-refractivity contribution in [1.29, 1.82) is 0 Å². The molecule has 1 aliphatic rings. The molecule has 0 spiro atoms. The van der Waals surface area contributed by atoms with Crippen LogP contribution in [0, 0.1) is 5.92 Å². The first-order valence-corrected chi connectivity index (χ1v) is 9.54. The number of carbonyl (C=O) groups is 1. The van der Waals surface area contributed by atoms with Crippen LogP contribution in [0.2, 0.25) is 0 Å². The Morgan fingerprint density at radius 1 is 1.38 bits per heavy atom. The molecule has 0 bridgehead atoms. The fourth-order valence-electron chi connectivity index (χ4n) is 2.60. The molecule has 0 heterocycles. The number of benzene rings is 1. The van der Waals surface area contributed by atoms with Gasteiger partial charge in [0.1, 0.15) is 4.33 Å². The second kappa shape index (κ2) is 5.84. The quantitative estimate of drug-likeness (QED) is 0.768. The molecule has 1 N–H and O–H groups in total. The van der Waals surface area contributed by atoms with E-state index in [-0.39, 0.29) is 17.9 Å². The van der Waals surface area contributed by atoms with Gasteiger partial charge in [-0.15, -0.1) is 0 Å². The highest BCUT2D eigenvalue weighted by atomic mass is 79.9. The van der Waals surface area contributed by atoms with Gasteiger partial charge in [-0.1, -0.05) is 58.2 Å². The van der Waals surface area contributed by atoms with E-state index in [9.17, 15) is 9.00 Å². The van der Waals surface area contributed by atoms with Gasteiger partial charge in [0.2, 0.25) is 5.91 Å². The second-order valence-electron chi connectivity index (χ2n) is 5.28.